The van der Waals surface area contributed by atoms with Crippen molar-refractivity contribution < 1.29 is 9.53 Å². The Labute approximate surface area is 200 Å². The summed E-state index contributed by atoms with van der Waals surface area (Å²) in [6.45, 7) is 4.94. The first-order chi connectivity index (χ1) is 16.7. The summed E-state index contributed by atoms with van der Waals surface area (Å²) in [4.78, 5) is 24.9. The molecule has 1 amide bonds. The Kier molecular flexibility index (Phi) is 5.69. The molecule has 1 N–H and O–H groups in total. The van der Waals surface area contributed by atoms with Crippen molar-refractivity contribution in [2.75, 3.05) is 31.1 Å². The molecule has 1 aliphatic carbocycles. The Morgan fingerprint density at radius 1 is 1.06 bits per heavy atom. The van der Waals surface area contributed by atoms with Gasteiger partial charge in [-0.25, -0.2) is 9.97 Å². The van der Waals surface area contributed by atoms with Crippen molar-refractivity contribution in [1.82, 2.24) is 15.3 Å². The van der Waals surface area contributed by atoms with Crippen molar-refractivity contribution >= 4 is 22.8 Å². The minimum Gasteiger partial charge on any atom is -0.371 e. The van der Waals surface area contributed by atoms with Gasteiger partial charge < -0.3 is 15.0 Å². The van der Waals surface area contributed by atoms with Crippen LogP contribution in [0.4, 0.5) is 5.95 Å². The summed E-state index contributed by atoms with van der Waals surface area (Å²) in [6, 6.07) is 12.9. The van der Waals surface area contributed by atoms with Crippen molar-refractivity contribution in [3.8, 4) is 0 Å². The highest BCUT2D eigenvalue weighted by Crippen LogP contribution is 2.30. The first-order valence-corrected chi connectivity index (χ1v) is 12.7. The molecule has 2 aromatic carbocycles. The fourth-order valence-corrected chi connectivity index (χ4v) is 5.80. The zero-order valence-corrected chi connectivity index (χ0v) is 19.8. The van der Waals surface area contributed by atoms with Crippen LogP contribution in [0.1, 0.15) is 53.3 Å². The van der Waals surface area contributed by atoms with E-state index in [4.69, 9.17) is 14.7 Å². The van der Waals surface area contributed by atoms with Crippen LogP contribution < -0.4 is 10.2 Å². The molecule has 6 rings (SSSR count). The standard InChI is InChI=1S/C28H32N4O2/c1-18-24-15-21-6-4-7-22(21)16-25(24)31-28(30-18)32-12-9-20(10-13-32)27(33)29-17-26-23-8-3-2-5-19(23)11-14-34-26/h2-3,5,8,15-16,20,26H,4,6-7,9-14,17H2,1H3,(H,29,33). The Balaban J connectivity index is 1.08. The molecule has 3 aromatic rings. The number of carbonyl (C=O) groups is 1. The lowest BCUT2D eigenvalue weighted by molar-refractivity contribution is -0.126. The van der Waals surface area contributed by atoms with Crippen LogP contribution in [0.2, 0.25) is 0 Å². The van der Waals surface area contributed by atoms with Gasteiger partial charge >= 0.3 is 0 Å². The number of nitrogens with zero attached hydrogens (tertiary/aromatic N) is 3. The van der Waals surface area contributed by atoms with E-state index in [1.54, 1.807) is 0 Å². The maximum atomic E-state index is 12.9. The molecule has 176 valence electrons. The molecule has 34 heavy (non-hydrogen) atoms. The quantitative estimate of drug-likeness (QED) is 0.641. The van der Waals surface area contributed by atoms with E-state index in [2.05, 4.69) is 47.5 Å². The smallest absolute Gasteiger partial charge is 0.226 e. The van der Waals surface area contributed by atoms with E-state index in [1.807, 2.05) is 6.07 Å². The van der Waals surface area contributed by atoms with Crippen molar-refractivity contribution in [3.05, 3.63) is 64.3 Å². The van der Waals surface area contributed by atoms with Gasteiger partial charge in [0.25, 0.3) is 0 Å². The van der Waals surface area contributed by atoms with Gasteiger partial charge in [0, 0.05) is 30.9 Å². The van der Waals surface area contributed by atoms with Gasteiger partial charge in [-0.2, -0.15) is 0 Å². The molecule has 3 heterocycles. The zero-order valence-electron chi connectivity index (χ0n) is 19.8. The number of nitrogens with one attached hydrogen (secondary N) is 1. The lowest BCUT2D eigenvalue weighted by Crippen LogP contribution is -2.42. The molecule has 0 saturated carbocycles. The molecule has 1 atom stereocenters. The van der Waals surface area contributed by atoms with Crippen LogP contribution in [-0.4, -0.2) is 42.1 Å². The van der Waals surface area contributed by atoms with Crippen LogP contribution in [0.5, 0.6) is 0 Å². The SMILES string of the molecule is Cc1nc(N2CCC(C(=O)NCC3OCCc4ccccc43)CC2)nc2cc3c(cc12)CCC3. The number of aromatic nitrogens is 2. The van der Waals surface area contributed by atoms with E-state index in [0.717, 1.165) is 55.9 Å². The van der Waals surface area contributed by atoms with Gasteiger partial charge in [-0.3, -0.25) is 4.79 Å². The highest BCUT2D eigenvalue weighted by molar-refractivity contribution is 5.84. The van der Waals surface area contributed by atoms with Gasteiger partial charge in [-0.1, -0.05) is 24.3 Å². The molecule has 1 fully saturated rings. The van der Waals surface area contributed by atoms with E-state index >= 15 is 0 Å². The monoisotopic (exact) mass is 456 g/mol. The molecule has 1 saturated heterocycles. The minimum absolute atomic E-state index is 0.0277. The maximum absolute atomic E-state index is 12.9. The van der Waals surface area contributed by atoms with E-state index in [-0.39, 0.29) is 17.9 Å². The second kappa shape index (κ2) is 8.99. The highest BCUT2D eigenvalue weighted by atomic mass is 16.5. The number of hydrogen-bond donors (Lipinski definition) is 1. The van der Waals surface area contributed by atoms with Crippen molar-refractivity contribution in [2.24, 2.45) is 5.92 Å². The molecule has 6 nitrogen and oxygen atoms in total. The number of benzene rings is 2. The van der Waals surface area contributed by atoms with E-state index < -0.39 is 0 Å². The summed E-state index contributed by atoms with van der Waals surface area (Å²) in [7, 11) is 0. The molecular weight excluding hydrogens is 424 g/mol. The number of anilines is 1. The number of piperidine rings is 1. The second-order valence-electron chi connectivity index (χ2n) is 9.92. The molecule has 6 heteroatoms. The van der Waals surface area contributed by atoms with Gasteiger partial charge in [0.1, 0.15) is 6.10 Å². The molecular formula is C28H32N4O2. The Morgan fingerprint density at radius 2 is 1.85 bits per heavy atom. The zero-order chi connectivity index (χ0) is 23.1. The molecule has 3 aliphatic rings. The first-order valence-electron chi connectivity index (χ1n) is 12.7. The van der Waals surface area contributed by atoms with Gasteiger partial charge in [0.15, 0.2) is 0 Å². The summed E-state index contributed by atoms with van der Waals surface area (Å²) in [5.74, 6) is 0.964. The summed E-state index contributed by atoms with van der Waals surface area (Å²) in [6.07, 6.45) is 6.09. The fourth-order valence-electron chi connectivity index (χ4n) is 5.80. The molecule has 1 unspecified atom stereocenters. The molecule has 0 bridgehead atoms. The average molecular weight is 457 g/mol. The molecule has 0 spiro atoms. The third-order valence-corrected chi connectivity index (χ3v) is 7.79. The van der Waals surface area contributed by atoms with Gasteiger partial charge in [0.05, 0.1) is 17.8 Å². The van der Waals surface area contributed by atoms with Crippen LogP contribution in [-0.2, 0) is 28.8 Å². The maximum Gasteiger partial charge on any atom is 0.226 e. The average Bonchev–Trinajstić information content (AvgIpc) is 3.34. The van der Waals surface area contributed by atoms with Crippen molar-refractivity contribution in [3.63, 3.8) is 0 Å². The number of hydrogen-bond acceptors (Lipinski definition) is 5. The number of amides is 1. The number of rotatable bonds is 4. The van der Waals surface area contributed by atoms with Gasteiger partial charge in [-0.15, -0.1) is 0 Å². The predicted molar refractivity (Wildman–Crippen MR) is 133 cm³/mol. The first kappa shape index (κ1) is 21.5. The van der Waals surface area contributed by atoms with Crippen LogP contribution in [0, 0.1) is 12.8 Å². The largest absolute Gasteiger partial charge is 0.371 e. The second-order valence-corrected chi connectivity index (χ2v) is 9.92. The molecule has 0 radical (unpaired) electrons. The lowest BCUT2D eigenvalue weighted by Gasteiger charge is -2.32. The summed E-state index contributed by atoms with van der Waals surface area (Å²) in [5, 5.41) is 4.33. The summed E-state index contributed by atoms with van der Waals surface area (Å²) >= 11 is 0. The summed E-state index contributed by atoms with van der Waals surface area (Å²) in [5.41, 5.74) is 7.53. The Bertz CT molecular complexity index is 1230. The predicted octanol–water partition coefficient (Wildman–Crippen LogP) is 4.07. The summed E-state index contributed by atoms with van der Waals surface area (Å²) < 4.78 is 5.95. The minimum atomic E-state index is -0.0515. The van der Waals surface area contributed by atoms with Crippen LogP contribution >= 0.6 is 0 Å². The third-order valence-electron chi connectivity index (χ3n) is 7.79. The van der Waals surface area contributed by atoms with Crippen molar-refractivity contribution in [1.29, 1.82) is 0 Å². The third kappa shape index (κ3) is 4.05. The Hall–Kier alpha value is -2.99. The van der Waals surface area contributed by atoms with Crippen LogP contribution in [0.15, 0.2) is 36.4 Å². The van der Waals surface area contributed by atoms with Gasteiger partial charge in [-0.05, 0) is 79.8 Å². The van der Waals surface area contributed by atoms with E-state index in [0.29, 0.717) is 13.2 Å². The van der Waals surface area contributed by atoms with Crippen molar-refractivity contribution in [2.45, 2.75) is 51.6 Å². The van der Waals surface area contributed by atoms with Crippen LogP contribution in [0.3, 0.4) is 0 Å². The molecule has 1 aromatic heterocycles. The van der Waals surface area contributed by atoms with Crippen LogP contribution in [0.25, 0.3) is 10.9 Å². The number of ether oxygens (including phenoxy) is 1. The van der Waals surface area contributed by atoms with E-state index in [1.165, 1.54) is 40.5 Å². The van der Waals surface area contributed by atoms with Gasteiger partial charge in [0.2, 0.25) is 11.9 Å². The fraction of sp³-hybridized carbons (Fsp3) is 0.464. The highest BCUT2D eigenvalue weighted by Gasteiger charge is 2.28. The number of fused-ring (bicyclic) bond motifs is 3. The number of aryl methyl sites for hydroxylation is 3. The topological polar surface area (TPSA) is 67.4 Å². The van der Waals surface area contributed by atoms with E-state index in [9.17, 15) is 4.79 Å². The molecule has 2 aliphatic heterocycles. The Morgan fingerprint density at radius 3 is 2.71 bits per heavy atom. The lowest BCUT2D eigenvalue weighted by atomic mass is 9.95. The normalized spacial score (nSPS) is 20.3. The number of carbonyl (C=O) groups excluding carboxylic acids is 1.